The number of likely N-dealkylation sites (N-methyl/N-ethyl adjacent to an activating group) is 2. The maximum Gasteiger partial charge on any atom is 0.292 e. The molecule has 0 saturated carbocycles. The number of hydrogen-bond acceptors (Lipinski definition) is 6. The second kappa shape index (κ2) is 11.6. The molecule has 2 aromatic carbocycles. The summed E-state index contributed by atoms with van der Waals surface area (Å²) in [5.74, 6) is 0. The first-order valence-corrected chi connectivity index (χ1v) is 11.1. The number of anilines is 2. The molecule has 10 heteroatoms. The van der Waals surface area contributed by atoms with E-state index in [0.29, 0.717) is 24.5 Å². The molecule has 0 aromatic heterocycles. The zero-order valence-electron chi connectivity index (χ0n) is 20.0. The number of nitro groups is 2. The summed E-state index contributed by atoms with van der Waals surface area (Å²) in [6.45, 7) is 4.96. The van der Waals surface area contributed by atoms with Crippen LogP contribution in [0.15, 0.2) is 48.5 Å². The van der Waals surface area contributed by atoms with Crippen molar-refractivity contribution < 1.29 is 18.8 Å². The molecule has 0 radical (unpaired) electrons. The van der Waals surface area contributed by atoms with E-state index in [0.717, 1.165) is 41.6 Å². The van der Waals surface area contributed by atoms with Gasteiger partial charge in [-0.05, 0) is 12.1 Å². The maximum atomic E-state index is 11.1. The first-order chi connectivity index (χ1) is 15.5. The predicted molar refractivity (Wildman–Crippen MR) is 131 cm³/mol. The summed E-state index contributed by atoms with van der Waals surface area (Å²) < 4.78 is 1.62. The van der Waals surface area contributed by atoms with E-state index in [-0.39, 0.29) is 21.2 Å². The molecule has 0 saturated heterocycles. The van der Waals surface area contributed by atoms with E-state index in [9.17, 15) is 20.2 Å². The molecule has 0 atom stereocenters. The van der Waals surface area contributed by atoms with Crippen molar-refractivity contribution >= 4 is 22.7 Å². The molecule has 0 bridgehead atoms. The lowest BCUT2D eigenvalue weighted by Gasteiger charge is -2.33. The molecule has 2 rings (SSSR count). The monoisotopic (exact) mass is 460 g/mol. The van der Waals surface area contributed by atoms with Gasteiger partial charge >= 0.3 is 0 Å². The second-order valence-electron chi connectivity index (χ2n) is 9.52. The highest BCUT2D eigenvalue weighted by atomic mass is 16.6. The first-order valence-electron chi connectivity index (χ1n) is 11.1. The molecule has 33 heavy (non-hydrogen) atoms. The van der Waals surface area contributed by atoms with Crippen LogP contribution in [0.25, 0.3) is 0 Å². The fourth-order valence-corrected chi connectivity index (χ4v) is 3.70. The molecule has 0 aliphatic carbocycles. The Morgan fingerprint density at radius 3 is 1.39 bits per heavy atom. The minimum atomic E-state index is -0.368. The lowest BCUT2D eigenvalue weighted by Crippen LogP contribution is -2.48. The molecule has 2 aromatic rings. The molecule has 0 aliphatic heterocycles. The molecule has 0 fully saturated rings. The van der Waals surface area contributed by atoms with E-state index >= 15 is 0 Å². The molecule has 0 amide bonds. The standard InChI is InChI=1S/C23H36N6O4/c1-28(2,18-14-24-20-10-5-7-12-22(20)26(30)31)16-9-17-29(3,4)19-15-25-21-11-6-8-13-23(21)27(32)33/h5-8,10-13,24-25H,9,14-19H2,1-4H3/q+2. The lowest BCUT2D eigenvalue weighted by atomic mass is 10.2. The van der Waals surface area contributed by atoms with Crippen LogP contribution in [0.3, 0.4) is 0 Å². The minimum absolute atomic E-state index is 0.0938. The van der Waals surface area contributed by atoms with Gasteiger partial charge in [-0.3, -0.25) is 20.2 Å². The van der Waals surface area contributed by atoms with Gasteiger partial charge in [-0.25, -0.2) is 0 Å². The van der Waals surface area contributed by atoms with Gasteiger partial charge in [0.15, 0.2) is 0 Å². The maximum absolute atomic E-state index is 11.1. The van der Waals surface area contributed by atoms with E-state index in [1.165, 1.54) is 12.1 Å². The average molecular weight is 461 g/mol. The van der Waals surface area contributed by atoms with E-state index in [1.807, 2.05) is 0 Å². The highest BCUT2D eigenvalue weighted by Gasteiger charge is 2.21. The lowest BCUT2D eigenvalue weighted by molar-refractivity contribution is -0.907. The van der Waals surface area contributed by atoms with Gasteiger partial charge in [-0.15, -0.1) is 0 Å². The number of rotatable bonds is 14. The van der Waals surface area contributed by atoms with Gasteiger partial charge in [0.1, 0.15) is 11.4 Å². The number of nitrogens with zero attached hydrogens (tertiary/aromatic N) is 4. The van der Waals surface area contributed by atoms with Crippen LogP contribution in [-0.2, 0) is 0 Å². The Balaban J connectivity index is 1.74. The van der Waals surface area contributed by atoms with Crippen LogP contribution in [0.4, 0.5) is 22.7 Å². The third-order valence-corrected chi connectivity index (χ3v) is 5.79. The first kappa shape index (κ1) is 26.0. The molecular formula is C23H36N6O4+2. The van der Waals surface area contributed by atoms with Crippen molar-refractivity contribution in [2.75, 3.05) is 78.1 Å². The summed E-state index contributed by atoms with van der Waals surface area (Å²) >= 11 is 0. The second-order valence-corrected chi connectivity index (χ2v) is 9.52. The van der Waals surface area contributed by atoms with Crippen molar-refractivity contribution in [1.29, 1.82) is 0 Å². The van der Waals surface area contributed by atoms with Crippen molar-refractivity contribution in [3.05, 3.63) is 68.8 Å². The largest absolute Gasteiger partial charge is 0.374 e. The molecule has 180 valence electrons. The Morgan fingerprint density at radius 1 is 0.667 bits per heavy atom. The normalized spacial score (nSPS) is 11.8. The molecular weight excluding hydrogens is 424 g/mol. The third kappa shape index (κ3) is 8.66. The molecule has 0 aliphatic rings. The van der Waals surface area contributed by atoms with Gasteiger partial charge in [-0.1, -0.05) is 24.3 Å². The topological polar surface area (TPSA) is 110 Å². The number of para-hydroxylation sites is 4. The van der Waals surface area contributed by atoms with Crippen molar-refractivity contribution in [2.45, 2.75) is 6.42 Å². The fourth-order valence-electron chi connectivity index (χ4n) is 3.70. The van der Waals surface area contributed by atoms with Crippen molar-refractivity contribution in [3.8, 4) is 0 Å². The molecule has 2 N–H and O–H groups in total. The zero-order valence-corrected chi connectivity index (χ0v) is 20.0. The minimum Gasteiger partial charge on any atom is -0.374 e. The van der Waals surface area contributed by atoms with Crippen LogP contribution < -0.4 is 10.6 Å². The van der Waals surface area contributed by atoms with E-state index in [2.05, 4.69) is 38.8 Å². The molecule has 0 unspecified atom stereocenters. The molecule has 0 spiro atoms. The summed E-state index contributed by atoms with van der Waals surface area (Å²) in [6.07, 6.45) is 1.02. The Labute approximate surface area is 195 Å². The Morgan fingerprint density at radius 2 is 1.03 bits per heavy atom. The summed E-state index contributed by atoms with van der Waals surface area (Å²) in [5.41, 5.74) is 1.28. The van der Waals surface area contributed by atoms with Crippen LogP contribution in [0, 0.1) is 20.2 Å². The average Bonchev–Trinajstić information content (AvgIpc) is 2.73. The quantitative estimate of drug-likeness (QED) is 0.253. The highest BCUT2D eigenvalue weighted by Crippen LogP contribution is 2.23. The fraction of sp³-hybridized carbons (Fsp3) is 0.478. The Hall–Kier alpha value is -3.24. The number of benzene rings is 2. The predicted octanol–water partition coefficient (Wildman–Crippen LogP) is 3.57. The number of quaternary nitrogens is 2. The van der Waals surface area contributed by atoms with Crippen LogP contribution in [0.5, 0.6) is 0 Å². The number of hydrogen-bond donors (Lipinski definition) is 2. The van der Waals surface area contributed by atoms with Crippen molar-refractivity contribution in [1.82, 2.24) is 0 Å². The Bertz CT molecular complexity index is 873. The smallest absolute Gasteiger partial charge is 0.292 e. The van der Waals surface area contributed by atoms with Crippen LogP contribution in [0.1, 0.15) is 6.42 Å². The van der Waals surface area contributed by atoms with Gasteiger partial charge < -0.3 is 19.6 Å². The van der Waals surface area contributed by atoms with Gasteiger partial charge in [0.25, 0.3) is 11.4 Å². The van der Waals surface area contributed by atoms with Gasteiger partial charge in [0, 0.05) is 18.6 Å². The SMILES string of the molecule is C[N+](C)(CCC[N+](C)(C)CCNc1ccccc1[N+](=O)[O-])CCNc1ccccc1[N+](=O)[O-]. The van der Waals surface area contributed by atoms with Crippen LogP contribution >= 0.6 is 0 Å². The van der Waals surface area contributed by atoms with Crippen molar-refractivity contribution in [2.24, 2.45) is 0 Å². The number of nitrogens with one attached hydrogen (secondary N) is 2. The summed E-state index contributed by atoms with van der Waals surface area (Å²) in [6, 6.07) is 13.4. The molecule has 0 heterocycles. The van der Waals surface area contributed by atoms with Crippen LogP contribution in [0.2, 0.25) is 0 Å². The van der Waals surface area contributed by atoms with Crippen molar-refractivity contribution in [3.63, 3.8) is 0 Å². The van der Waals surface area contributed by atoms with E-state index < -0.39 is 0 Å². The highest BCUT2D eigenvalue weighted by molar-refractivity contribution is 5.61. The summed E-state index contributed by atoms with van der Waals surface area (Å²) in [4.78, 5) is 21.6. The van der Waals surface area contributed by atoms with E-state index in [1.54, 1.807) is 36.4 Å². The zero-order chi connectivity index (χ0) is 24.5. The molecule has 10 nitrogen and oxygen atoms in total. The van der Waals surface area contributed by atoms with Crippen LogP contribution in [-0.4, -0.2) is 86.3 Å². The van der Waals surface area contributed by atoms with Gasteiger partial charge in [0.05, 0.1) is 77.3 Å². The Kier molecular flexibility index (Phi) is 9.12. The summed E-state index contributed by atoms with van der Waals surface area (Å²) in [7, 11) is 8.66. The third-order valence-electron chi connectivity index (χ3n) is 5.79. The number of nitro benzene ring substituents is 2. The van der Waals surface area contributed by atoms with Gasteiger partial charge in [-0.2, -0.15) is 0 Å². The summed E-state index contributed by atoms with van der Waals surface area (Å²) in [5, 5.41) is 28.7. The van der Waals surface area contributed by atoms with Gasteiger partial charge in [0.2, 0.25) is 0 Å². The van der Waals surface area contributed by atoms with E-state index in [4.69, 9.17) is 0 Å².